The predicted molar refractivity (Wildman–Crippen MR) is 284 cm³/mol. The van der Waals surface area contributed by atoms with Gasteiger partial charge >= 0.3 is 0 Å². The standard InChI is InChI=1S/C48H42N10O18S4/c1-6-75-37-22-35(38(76-7-2)21-34(37)52-51-33-16-24(3)40(78(65,66)67)23-36(33)74-5)53-56-45-41(79(68,69)70)19-26-17-28(12-14-30(26)46(45)59)49-54-43-25(4)57-58(48(43)61)29-13-15-31-27(18-29)20-42(80(71,72)73)44(47(31)60)55-50-32-10-8-9-11-39(32)77(62,63)64/h8-23,59-61H,6-7H2,1-5H3,(H,62,63,64)(H,65,66,67)(H,68,69,70)(H,71,72,73)/b52-51+,54-49+,55-50+,56-53+. The fourth-order valence-electron chi connectivity index (χ4n) is 7.85. The summed E-state index contributed by atoms with van der Waals surface area (Å²) in [4.78, 5) is -2.89. The molecule has 0 saturated carbocycles. The Balaban J connectivity index is 1.11. The summed E-state index contributed by atoms with van der Waals surface area (Å²) in [5.41, 5.74) is -1.55. The number of nitrogens with zero attached hydrogens (tertiary/aromatic N) is 10. The van der Waals surface area contributed by atoms with E-state index < -0.39 is 94.5 Å². The van der Waals surface area contributed by atoms with Gasteiger partial charge in [0, 0.05) is 29.0 Å². The Labute approximate surface area is 453 Å². The SMILES string of the molecule is CCOc1cc(/N=N/c2c(S(=O)(=O)O)cc3cc(/N=N/c4c(C)nn(-c5ccc6c(O)c(/N=N/c7ccccc7S(=O)(=O)O)c(S(=O)(=O)O)cc6c5)c4O)ccc3c2O)c(OCC)cc1/N=N/c1cc(C)c(S(=O)(=O)O)cc1OC. The lowest BCUT2D eigenvalue weighted by Gasteiger charge is -2.13. The number of fused-ring (bicyclic) bond motifs is 2. The smallest absolute Gasteiger partial charge is 0.296 e. The number of aryl methyl sites for hydroxylation is 2. The van der Waals surface area contributed by atoms with E-state index in [9.17, 15) is 67.2 Å². The van der Waals surface area contributed by atoms with Crippen molar-refractivity contribution in [1.82, 2.24) is 9.78 Å². The number of ether oxygens (including phenoxy) is 3. The second-order valence-electron chi connectivity index (χ2n) is 16.7. The predicted octanol–water partition coefficient (Wildman–Crippen LogP) is 11.4. The quantitative estimate of drug-likeness (QED) is 0.0310. The highest BCUT2D eigenvalue weighted by Gasteiger charge is 2.26. The van der Waals surface area contributed by atoms with Crippen molar-refractivity contribution in [2.45, 2.75) is 47.3 Å². The van der Waals surface area contributed by atoms with Gasteiger partial charge in [-0.2, -0.15) is 48.6 Å². The summed E-state index contributed by atoms with van der Waals surface area (Å²) in [6.45, 7) is 6.42. The van der Waals surface area contributed by atoms with Gasteiger partial charge in [0.15, 0.2) is 17.2 Å². The molecule has 0 aliphatic heterocycles. The molecule has 0 fully saturated rings. The van der Waals surface area contributed by atoms with Crippen LogP contribution in [-0.2, 0) is 40.5 Å². The fraction of sp³-hybridized carbons (Fsp3) is 0.146. The highest BCUT2D eigenvalue weighted by molar-refractivity contribution is 7.86. The van der Waals surface area contributed by atoms with Crippen LogP contribution in [0, 0.1) is 13.8 Å². The van der Waals surface area contributed by atoms with Crippen LogP contribution in [-0.4, -0.2) is 97.3 Å². The lowest BCUT2D eigenvalue weighted by molar-refractivity contribution is 0.332. The first-order valence-corrected chi connectivity index (χ1v) is 28.6. The molecule has 416 valence electrons. The molecule has 0 spiro atoms. The number of phenolic OH excluding ortho intramolecular Hbond substituents is 2. The van der Waals surface area contributed by atoms with Crippen LogP contribution in [0.1, 0.15) is 25.1 Å². The van der Waals surface area contributed by atoms with Crippen LogP contribution in [0.2, 0.25) is 0 Å². The number of phenols is 2. The zero-order valence-electron chi connectivity index (χ0n) is 41.9. The number of benzene rings is 7. The van der Waals surface area contributed by atoms with E-state index in [0.29, 0.717) is 0 Å². The average molecular weight is 1180 g/mol. The molecule has 1 heterocycles. The Morgan fingerprint density at radius 1 is 0.487 bits per heavy atom. The van der Waals surface area contributed by atoms with Gasteiger partial charge in [0.25, 0.3) is 40.5 Å². The van der Waals surface area contributed by atoms with E-state index in [0.717, 1.165) is 35.0 Å². The van der Waals surface area contributed by atoms with Crippen molar-refractivity contribution in [1.29, 1.82) is 0 Å². The number of hydrogen-bond acceptors (Lipinski definition) is 23. The molecule has 8 aromatic rings. The third kappa shape index (κ3) is 11.9. The van der Waals surface area contributed by atoms with Crippen LogP contribution in [0.3, 0.4) is 0 Å². The summed E-state index contributed by atoms with van der Waals surface area (Å²) in [6.07, 6.45) is 0. The van der Waals surface area contributed by atoms with Gasteiger partial charge in [-0.25, -0.2) is 0 Å². The Morgan fingerprint density at radius 2 is 0.963 bits per heavy atom. The third-order valence-corrected chi connectivity index (χ3v) is 15.1. The minimum atomic E-state index is -5.15. The summed E-state index contributed by atoms with van der Waals surface area (Å²) in [5.74, 6) is -2.05. The largest absolute Gasteiger partial charge is 0.505 e. The van der Waals surface area contributed by atoms with Crippen molar-refractivity contribution in [2.75, 3.05) is 20.3 Å². The molecule has 8 rings (SSSR count). The lowest BCUT2D eigenvalue weighted by Crippen LogP contribution is -2.01. The number of methoxy groups -OCH3 is 1. The van der Waals surface area contributed by atoms with Crippen LogP contribution < -0.4 is 14.2 Å². The number of azo groups is 4. The molecule has 0 aliphatic carbocycles. The maximum atomic E-state index is 12.9. The summed E-state index contributed by atoms with van der Waals surface area (Å²) >= 11 is 0. The van der Waals surface area contributed by atoms with Crippen LogP contribution in [0.15, 0.2) is 158 Å². The second-order valence-corrected chi connectivity index (χ2v) is 22.3. The maximum Gasteiger partial charge on any atom is 0.296 e. The van der Waals surface area contributed by atoms with Gasteiger partial charge in [-0.05, 0) is 111 Å². The zero-order chi connectivity index (χ0) is 58.2. The van der Waals surface area contributed by atoms with Crippen molar-refractivity contribution < 1.29 is 81.4 Å². The molecule has 0 atom stereocenters. The van der Waals surface area contributed by atoms with Crippen molar-refractivity contribution in [3.63, 3.8) is 0 Å². The van der Waals surface area contributed by atoms with Gasteiger partial charge in [0.2, 0.25) is 5.88 Å². The van der Waals surface area contributed by atoms with Gasteiger partial charge < -0.3 is 29.5 Å². The van der Waals surface area contributed by atoms with Crippen molar-refractivity contribution in [3.8, 4) is 40.3 Å². The van der Waals surface area contributed by atoms with E-state index in [1.54, 1.807) is 13.8 Å². The molecular formula is C48H42N10O18S4. The first kappa shape index (κ1) is 57.3. The van der Waals surface area contributed by atoms with Gasteiger partial charge in [-0.15, -0.1) is 35.8 Å². The van der Waals surface area contributed by atoms with Crippen LogP contribution in [0.4, 0.5) is 45.5 Å². The maximum absolute atomic E-state index is 12.9. The Bertz CT molecular complexity index is 4460. The lowest BCUT2D eigenvalue weighted by atomic mass is 10.1. The highest BCUT2D eigenvalue weighted by atomic mass is 32.2. The van der Waals surface area contributed by atoms with Crippen LogP contribution in [0.5, 0.6) is 34.6 Å². The van der Waals surface area contributed by atoms with E-state index in [1.165, 1.54) is 87.7 Å². The first-order valence-electron chi connectivity index (χ1n) is 22.8. The van der Waals surface area contributed by atoms with Gasteiger partial charge in [-0.1, -0.05) is 12.1 Å². The van der Waals surface area contributed by atoms with Crippen LogP contribution in [0.25, 0.3) is 27.2 Å². The van der Waals surface area contributed by atoms with E-state index in [-0.39, 0.29) is 97.4 Å². The molecule has 0 amide bonds. The van der Waals surface area contributed by atoms with Crippen molar-refractivity contribution >= 4 is 108 Å². The molecule has 7 N–H and O–H groups in total. The van der Waals surface area contributed by atoms with Crippen LogP contribution >= 0.6 is 0 Å². The Kier molecular flexibility index (Phi) is 15.8. The second kappa shape index (κ2) is 22.1. The van der Waals surface area contributed by atoms with E-state index in [1.807, 2.05) is 0 Å². The molecule has 7 aromatic carbocycles. The van der Waals surface area contributed by atoms with Crippen molar-refractivity contribution in [3.05, 3.63) is 108 Å². The monoisotopic (exact) mass is 1170 g/mol. The minimum absolute atomic E-state index is 0.0143. The highest BCUT2D eigenvalue weighted by Crippen LogP contribution is 2.47. The number of rotatable bonds is 18. The molecule has 0 radical (unpaired) electrons. The minimum Gasteiger partial charge on any atom is -0.505 e. The molecular weight excluding hydrogens is 1130 g/mol. The van der Waals surface area contributed by atoms with Gasteiger partial charge in [0.05, 0.1) is 37.4 Å². The Hall–Kier alpha value is -8.89. The third-order valence-electron chi connectivity index (χ3n) is 11.5. The van der Waals surface area contributed by atoms with E-state index in [4.69, 9.17) is 14.2 Å². The molecule has 28 nitrogen and oxygen atoms in total. The number of hydrogen-bond donors (Lipinski definition) is 7. The first-order chi connectivity index (χ1) is 37.6. The summed E-state index contributed by atoms with van der Waals surface area (Å²) in [7, 11) is -18.4. The number of aromatic nitrogens is 2. The topological polar surface area (TPSA) is 423 Å². The summed E-state index contributed by atoms with van der Waals surface area (Å²) in [6, 6.07) is 19.8. The van der Waals surface area contributed by atoms with E-state index >= 15 is 0 Å². The normalized spacial score (nSPS) is 12.8. The molecule has 1 aromatic heterocycles. The Morgan fingerprint density at radius 3 is 1.49 bits per heavy atom. The summed E-state index contributed by atoms with van der Waals surface area (Å²) < 4.78 is 156. The van der Waals surface area contributed by atoms with Gasteiger partial charge in [-0.3, -0.25) is 18.2 Å². The number of aromatic hydroxyl groups is 3. The van der Waals surface area contributed by atoms with E-state index in [2.05, 4.69) is 46.0 Å². The molecule has 0 saturated heterocycles. The molecule has 0 unspecified atom stereocenters. The van der Waals surface area contributed by atoms with Crippen molar-refractivity contribution in [2.24, 2.45) is 40.9 Å². The fourth-order valence-corrected chi connectivity index (χ4v) is 10.5. The molecule has 0 aliphatic rings. The molecule has 80 heavy (non-hydrogen) atoms. The average Bonchev–Trinajstić information content (AvgIpc) is 3.70. The zero-order valence-corrected chi connectivity index (χ0v) is 45.1. The molecule has 32 heteroatoms. The molecule has 0 bridgehead atoms. The summed E-state index contributed by atoms with van der Waals surface area (Å²) in [5, 5.41) is 70.7. The van der Waals surface area contributed by atoms with Gasteiger partial charge in [0.1, 0.15) is 71.0 Å².